The SMILES string of the molecule is CCCC1CCN(Cc2ccsc2C(=O)O)C1. The second kappa shape index (κ2) is 5.65. The lowest BCUT2D eigenvalue weighted by molar-refractivity contribution is 0.0700. The molecule has 3 nitrogen and oxygen atoms in total. The average Bonchev–Trinajstić information content (AvgIpc) is 2.89. The highest BCUT2D eigenvalue weighted by Gasteiger charge is 2.23. The predicted octanol–water partition coefficient (Wildman–Crippen LogP) is 3.07. The molecule has 17 heavy (non-hydrogen) atoms. The van der Waals surface area contributed by atoms with Gasteiger partial charge in [-0.2, -0.15) is 0 Å². The first-order valence-electron chi connectivity index (χ1n) is 6.22. The molecule has 1 aromatic heterocycles. The molecule has 0 saturated carbocycles. The molecule has 0 bridgehead atoms. The molecule has 0 spiro atoms. The fourth-order valence-corrected chi connectivity index (χ4v) is 3.34. The molecule has 1 fully saturated rings. The molecule has 0 aromatic carbocycles. The molecule has 2 heterocycles. The number of thiophene rings is 1. The zero-order valence-corrected chi connectivity index (χ0v) is 11.0. The molecule has 0 amide bonds. The molecule has 2 rings (SSSR count). The number of likely N-dealkylation sites (tertiary alicyclic amines) is 1. The van der Waals surface area contributed by atoms with Crippen molar-refractivity contribution in [3.8, 4) is 0 Å². The van der Waals surface area contributed by atoms with Crippen molar-refractivity contribution in [1.29, 1.82) is 0 Å². The van der Waals surface area contributed by atoms with E-state index in [9.17, 15) is 4.79 Å². The number of aromatic carboxylic acids is 1. The van der Waals surface area contributed by atoms with E-state index >= 15 is 0 Å². The Labute approximate surface area is 106 Å². The van der Waals surface area contributed by atoms with Gasteiger partial charge in [-0.3, -0.25) is 4.90 Å². The Bertz CT molecular complexity index is 389. The van der Waals surface area contributed by atoms with E-state index in [1.807, 2.05) is 11.4 Å². The Morgan fingerprint density at radius 3 is 3.18 bits per heavy atom. The largest absolute Gasteiger partial charge is 0.477 e. The van der Waals surface area contributed by atoms with Crippen molar-refractivity contribution < 1.29 is 9.90 Å². The van der Waals surface area contributed by atoms with Gasteiger partial charge < -0.3 is 5.11 Å². The summed E-state index contributed by atoms with van der Waals surface area (Å²) in [6.07, 6.45) is 3.81. The van der Waals surface area contributed by atoms with Crippen molar-refractivity contribution in [3.05, 3.63) is 21.9 Å². The van der Waals surface area contributed by atoms with Gasteiger partial charge in [0.2, 0.25) is 0 Å². The topological polar surface area (TPSA) is 40.5 Å². The first kappa shape index (κ1) is 12.6. The second-order valence-electron chi connectivity index (χ2n) is 4.76. The van der Waals surface area contributed by atoms with Crippen molar-refractivity contribution in [3.63, 3.8) is 0 Å². The van der Waals surface area contributed by atoms with Crippen LogP contribution in [0.3, 0.4) is 0 Å². The molecular formula is C13H19NO2S. The van der Waals surface area contributed by atoms with Crippen LogP contribution in [0.5, 0.6) is 0 Å². The standard InChI is InChI=1S/C13H19NO2S/c1-2-3-10-4-6-14(8-10)9-11-5-7-17-12(11)13(15)16/h5,7,10H,2-4,6,8-9H2,1H3,(H,15,16). The number of carboxylic acid groups (broad SMARTS) is 1. The third kappa shape index (κ3) is 3.07. The normalized spacial score (nSPS) is 20.9. The predicted molar refractivity (Wildman–Crippen MR) is 69.6 cm³/mol. The smallest absolute Gasteiger partial charge is 0.346 e. The van der Waals surface area contributed by atoms with Crippen molar-refractivity contribution in [2.45, 2.75) is 32.7 Å². The minimum Gasteiger partial charge on any atom is -0.477 e. The van der Waals surface area contributed by atoms with E-state index in [0.717, 1.165) is 31.1 Å². The summed E-state index contributed by atoms with van der Waals surface area (Å²) in [5, 5.41) is 10.9. The van der Waals surface area contributed by atoms with Gasteiger partial charge >= 0.3 is 5.97 Å². The van der Waals surface area contributed by atoms with Gasteiger partial charge in [0, 0.05) is 13.1 Å². The third-order valence-corrected chi connectivity index (χ3v) is 4.35. The summed E-state index contributed by atoms with van der Waals surface area (Å²) >= 11 is 1.33. The highest BCUT2D eigenvalue weighted by atomic mass is 32.1. The molecule has 1 unspecified atom stereocenters. The van der Waals surface area contributed by atoms with E-state index in [1.165, 1.54) is 30.6 Å². The van der Waals surface area contributed by atoms with Crippen LogP contribution < -0.4 is 0 Å². The third-order valence-electron chi connectivity index (χ3n) is 3.40. The number of rotatable bonds is 5. The van der Waals surface area contributed by atoms with Crippen LogP contribution in [0.4, 0.5) is 0 Å². The summed E-state index contributed by atoms with van der Waals surface area (Å²) in [6.45, 7) is 5.26. The maximum absolute atomic E-state index is 11.0. The number of hydrogen-bond acceptors (Lipinski definition) is 3. The first-order chi connectivity index (χ1) is 8.20. The summed E-state index contributed by atoms with van der Waals surface area (Å²) < 4.78 is 0. The summed E-state index contributed by atoms with van der Waals surface area (Å²) in [6, 6.07) is 1.95. The highest BCUT2D eigenvalue weighted by molar-refractivity contribution is 7.12. The lowest BCUT2D eigenvalue weighted by Gasteiger charge is -2.15. The van der Waals surface area contributed by atoms with E-state index in [0.29, 0.717) is 4.88 Å². The molecule has 0 radical (unpaired) electrons. The Kier molecular flexibility index (Phi) is 4.18. The Morgan fingerprint density at radius 2 is 2.47 bits per heavy atom. The fraction of sp³-hybridized carbons (Fsp3) is 0.615. The average molecular weight is 253 g/mol. The van der Waals surface area contributed by atoms with Crippen molar-refractivity contribution >= 4 is 17.3 Å². The van der Waals surface area contributed by atoms with Crippen LogP contribution in [0.1, 0.15) is 41.4 Å². The van der Waals surface area contributed by atoms with Gasteiger partial charge in [0.15, 0.2) is 0 Å². The monoisotopic (exact) mass is 253 g/mol. The van der Waals surface area contributed by atoms with Crippen LogP contribution in [-0.4, -0.2) is 29.1 Å². The van der Waals surface area contributed by atoms with E-state index in [1.54, 1.807) is 0 Å². The molecule has 94 valence electrons. The highest BCUT2D eigenvalue weighted by Crippen LogP contribution is 2.25. The number of nitrogens with zero attached hydrogens (tertiary/aromatic N) is 1. The minimum absolute atomic E-state index is 0.504. The van der Waals surface area contributed by atoms with Crippen molar-refractivity contribution in [2.24, 2.45) is 5.92 Å². The number of carboxylic acids is 1. The fourth-order valence-electron chi connectivity index (χ4n) is 2.59. The molecule has 1 N–H and O–H groups in total. The van der Waals surface area contributed by atoms with Gasteiger partial charge in [-0.15, -0.1) is 11.3 Å². The van der Waals surface area contributed by atoms with E-state index < -0.39 is 5.97 Å². The van der Waals surface area contributed by atoms with E-state index in [2.05, 4.69) is 11.8 Å². The lowest BCUT2D eigenvalue weighted by Crippen LogP contribution is -2.20. The van der Waals surface area contributed by atoms with E-state index in [4.69, 9.17) is 5.11 Å². The van der Waals surface area contributed by atoms with Gasteiger partial charge in [-0.25, -0.2) is 4.79 Å². The molecule has 1 aliphatic rings. The summed E-state index contributed by atoms with van der Waals surface area (Å²) in [7, 11) is 0. The Hall–Kier alpha value is -0.870. The maximum Gasteiger partial charge on any atom is 0.346 e. The Morgan fingerprint density at radius 1 is 1.65 bits per heavy atom. The maximum atomic E-state index is 11.0. The molecule has 0 aliphatic carbocycles. The quantitative estimate of drug-likeness (QED) is 0.876. The summed E-state index contributed by atoms with van der Waals surface area (Å²) in [4.78, 5) is 13.9. The zero-order chi connectivity index (χ0) is 12.3. The van der Waals surface area contributed by atoms with Crippen LogP contribution in [0.25, 0.3) is 0 Å². The lowest BCUT2D eigenvalue weighted by atomic mass is 10.0. The summed E-state index contributed by atoms with van der Waals surface area (Å²) in [5.41, 5.74) is 0.972. The van der Waals surface area contributed by atoms with Gasteiger partial charge in [-0.05, 0) is 42.3 Å². The molecule has 1 aliphatic heterocycles. The van der Waals surface area contributed by atoms with Crippen LogP contribution in [0.15, 0.2) is 11.4 Å². The molecule has 1 saturated heterocycles. The van der Waals surface area contributed by atoms with Crippen LogP contribution in [0.2, 0.25) is 0 Å². The van der Waals surface area contributed by atoms with Gasteiger partial charge in [0.25, 0.3) is 0 Å². The second-order valence-corrected chi connectivity index (χ2v) is 5.67. The van der Waals surface area contributed by atoms with Crippen molar-refractivity contribution in [1.82, 2.24) is 4.90 Å². The van der Waals surface area contributed by atoms with Gasteiger partial charge in [-0.1, -0.05) is 13.3 Å². The molecular weight excluding hydrogens is 234 g/mol. The number of hydrogen-bond donors (Lipinski definition) is 1. The summed E-state index contributed by atoms with van der Waals surface area (Å²) in [5.74, 6) is 0.0196. The van der Waals surface area contributed by atoms with Crippen LogP contribution in [-0.2, 0) is 6.54 Å². The Balaban J connectivity index is 1.93. The van der Waals surface area contributed by atoms with Gasteiger partial charge in [0.05, 0.1) is 0 Å². The molecule has 4 heteroatoms. The minimum atomic E-state index is -0.792. The van der Waals surface area contributed by atoms with Crippen molar-refractivity contribution in [2.75, 3.05) is 13.1 Å². The van der Waals surface area contributed by atoms with Crippen LogP contribution in [0, 0.1) is 5.92 Å². The van der Waals surface area contributed by atoms with Crippen LogP contribution >= 0.6 is 11.3 Å². The molecule has 1 aromatic rings. The van der Waals surface area contributed by atoms with E-state index in [-0.39, 0.29) is 0 Å². The zero-order valence-electron chi connectivity index (χ0n) is 10.2. The number of carbonyl (C=O) groups is 1. The van der Waals surface area contributed by atoms with Gasteiger partial charge in [0.1, 0.15) is 4.88 Å². The molecule has 1 atom stereocenters. The first-order valence-corrected chi connectivity index (χ1v) is 7.10.